The van der Waals surface area contributed by atoms with Crippen molar-refractivity contribution in [1.29, 1.82) is 0 Å². The van der Waals surface area contributed by atoms with Crippen molar-refractivity contribution in [3.63, 3.8) is 0 Å². The topological polar surface area (TPSA) is 72.0 Å². The van der Waals surface area contributed by atoms with Crippen molar-refractivity contribution in [3.05, 3.63) is 58.7 Å². The van der Waals surface area contributed by atoms with Crippen LogP contribution in [0.5, 0.6) is 5.75 Å². The zero-order valence-electron chi connectivity index (χ0n) is 15.7. The van der Waals surface area contributed by atoms with E-state index in [0.29, 0.717) is 28.5 Å². The standard InChI is InChI=1S/C20H22ClN5O/c1-12(2)14-7-5-6-8-16(14)23-19-11-22-26-20(25-19)24-17-9-13(3)15(21)10-18(17)27-4/h5-12H,1-4H3,(H2,23,24,25,26). The quantitative estimate of drug-likeness (QED) is 0.589. The van der Waals surface area contributed by atoms with Crippen LogP contribution in [0.4, 0.5) is 23.1 Å². The van der Waals surface area contributed by atoms with E-state index in [9.17, 15) is 0 Å². The van der Waals surface area contributed by atoms with Gasteiger partial charge in [0.25, 0.3) is 0 Å². The first-order chi connectivity index (χ1) is 13.0. The molecule has 0 saturated carbocycles. The lowest BCUT2D eigenvalue weighted by Gasteiger charge is -2.15. The number of nitrogens with one attached hydrogen (secondary N) is 2. The van der Waals surface area contributed by atoms with Gasteiger partial charge in [-0.15, -0.1) is 5.10 Å². The molecule has 1 heterocycles. The first-order valence-electron chi connectivity index (χ1n) is 8.64. The van der Waals surface area contributed by atoms with Crippen LogP contribution in [-0.4, -0.2) is 22.3 Å². The number of hydrogen-bond acceptors (Lipinski definition) is 6. The van der Waals surface area contributed by atoms with Crippen LogP contribution in [0.2, 0.25) is 5.02 Å². The minimum Gasteiger partial charge on any atom is -0.495 e. The first-order valence-corrected chi connectivity index (χ1v) is 9.02. The normalized spacial score (nSPS) is 10.7. The van der Waals surface area contributed by atoms with E-state index in [1.54, 1.807) is 19.4 Å². The molecule has 0 aliphatic heterocycles. The number of benzene rings is 2. The summed E-state index contributed by atoms with van der Waals surface area (Å²) in [5, 5.41) is 15.2. The number of methoxy groups -OCH3 is 1. The smallest absolute Gasteiger partial charge is 0.249 e. The summed E-state index contributed by atoms with van der Waals surface area (Å²) in [4.78, 5) is 4.51. The molecule has 0 amide bonds. The molecule has 0 spiro atoms. The van der Waals surface area contributed by atoms with Crippen molar-refractivity contribution in [1.82, 2.24) is 15.2 Å². The molecule has 0 aliphatic rings. The van der Waals surface area contributed by atoms with Crippen molar-refractivity contribution in [2.75, 3.05) is 17.7 Å². The van der Waals surface area contributed by atoms with Crippen molar-refractivity contribution in [2.24, 2.45) is 0 Å². The van der Waals surface area contributed by atoms with Gasteiger partial charge in [-0.25, -0.2) is 0 Å². The van der Waals surface area contributed by atoms with Gasteiger partial charge in [-0.3, -0.25) is 0 Å². The zero-order valence-corrected chi connectivity index (χ0v) is 16.5. The van der Waals surface area contributed by atoms with E-state index in [1.807, 2.05) is 31.2 Å². The molecule has 0 unspecified atom stereocenters. The highest BCUT2D eigenvalue weighted by Crippen LogP contribution is 2.32. The van der Waals surface area contributed by atoms with E-state index in [2.05, 4.69) is 45.7 Å². The summed E-state index contributed by atoms with van der Waals surface area (Å²) in [7, 11) is 1.59. The van der Waals surface area contributed by atoms with E-state index in [-0.39, 0.29) is 0 Å². The Balaban J connectivity index is 1.86. The van der Waals surface area contributed by atoms with Gasteiger partial charge < -0.3 is 15.4 Å². The van der Waals surface area contributed by atoms with E-state index in [1.165, 1.54) is 5.56 Å². The molecular weight excluding hydrogens is 362 g/mol. The molecule has 6 nitrogen and oxygen atoms in total. The van der Waals surface area contributed by atoms with Crippen LogP contribution in [0, 0.1) is 6.92 Å². The van der Waals surface area contributed by atoms with Gasteiger partial charge in [-0.05, 0) is 36.1 Å². The Bertz CT molecular complexity index is 945. The Morgan fingerprint density at radius 2 is 1.85 bits per heavy atom. The van der Waals surface area contributed by atoms with Crippen LogP contribution in [0.15, 0.2) is 42.6 Å². The van der Waals surface area contributed by atoms with Crippen LogP contribution in [0.1, 0.15) is 30.9 Å². The Morgan fingerprint density at radius 3 is 2.59 bits per heavy atom. The maximum atomic E-state index is 6.16. The highest BCUT2D eigenvalue weighted by Gasteiger charge is 2.11. The summed E-state index contributed by atoms with van der Waals surface area (Å²) < 4.78 is 5.38. The molecule has 3 aromatic rings. The van der Waals surface area contributed by atoms with Crippen LogP contribution < -0.4 is 15.4 Å². The molecule has 140 valence electrons. The lowest BCUT2D eigenvalue weighted by molar-refractivity contribution is 0.416. The molecule has 0 aliphatic carbocycles. The summed E-state index contributed by atoms with van der Waals surface area (Å²) in [5.74, 6) is 1.97. The summed E-state index contributed by atoms with van der Waals surface area (Å²) in [6.45, 7) is 6.23. The van der Waals surface area contributed by atoms with Gasteiger partial charge in [0.2, 0.25) is 5.95 Å². The van der Waals surface area contributed by atoms with E-state index in [0.717, 1.165) is 16.9 Å². The maximum absolute atomic E-state index is 6.16. The molecule has 0 saturated heterocycles. The second-order valence-corrected chi connectivity index (χ2v) is 6.87. The molecule has 7 heteroatoms. The first kappa shape index (κ1) is 18.9. The monoisotopic (exact) mass is 383 g/mol. The van der Waals surface area contributed by atoms with Gasteiger partial charge in [0.15, 0.2) is 5.82 Å². The molecule has 0 atom stereocenters. The summed E-state index contributed by atoms with van der Waals surface area (Å²) >= 11 is 6.16. The molecule has 3 rings (SSSR count). The highest BCUT2D eigenvalue weighted by atomic mass is 35.5. The van der Waals surface area contributed by atoms with Crippen molar-refractivity contribution in [2.45, 2.75) is 26.7 Å². The minimum atomic E-state index is 0.363. The van der Waals surface area contributed by atoms with E-state index < -0.39 is 0 Å². The van der Waals surface area contributed by atoms with Crippen molar-refractivity contribution >= 4 is 34.7 Å². The number of aromatic nitrogens is 3. The lowest BCUT2D eigenvalue weighted by atomic mass is 10.0. The molecule has 0 radical (unpaired) electrons. The van der Waals surface area contributed by atoms with Gasteiger partial charge in [0, 0.05) is 16.8 Å². The Labute approximate surface area is 164 Å². The van der Waals surface area contributed by atoms with Gasteiger partial charge >= 0.3 is 0 Å². The highest BCUT2D eigenvalue weighted by molar-refractivity contribution is 6.31. The van der Waals surface area contributed by atoms with Crippen molar-refractivity contribution in [3.8, 4) is 5.75 Å². The molecule has 2 aromatic carbocycles. The summed E-state index contributed by atoms with van der Waals surface area (Å²) in [6, 6.07) is 11.8. The van der Waals surface area contributed by atoms with Crippen LogP contribution in [0.3, 0.4) is 0 Å². The van der Waals surface area contributed by atoms with Gasteiger partial charge in [0.05, 0.1) is 19.0 Å². The SMILES string of the molecule is COc1cc(Cl)c(C)cc1Nc1nncc(Nc2ccccc2C(C)C)n1. The zero-order chi connectivity index (χ0) is 19.4. The molecular formula is C20H22ClN5O. The lowest BCUT2D eigenvalue weighted by Crippen LogP contribution is -2.05. The third kappa shape index (κ3) is 4.46. The number of anilines is 4. The molecule has 1 aromatic heterocycles. The van der Waals surface area contributed by atoms with Gasteiger partial charge in [0.1, 0.15) is 5.75 Å². The van der Waals surface area contributed by atoms with Crippen LogP contribution >= 0.6 is 11.6 Å². The van der Waals surface area contributed by atoms with Gasteiger partial charge in [-0.1, -0.05) is 43.6 Å². The number of aryl methyl sites for hydroxylation is 1. The molecule has 0 bridgehead atoms. The van der Waals surface area contributed by atoms with E-state index in [4.69, 9.17) is 16.3 Å². The predicted molar refractivity (Wildman–Crippen MR) is 110 cm³/mol. The van der Waals surface area contributed by atoms with E-state index >= 15 is 0 Å². The third-order valence-corrected chi connectivity index (χ3v) is 4.54. The Morgan fingerprint density at radius 1 is 1.07 bits per heavy atom. The third-order valence-electron chi connectivity index (χ3n) is 4.13. The van der Waals surface area contributed by atoms with Gasteiger partial charge in [-0.2, -0.15) is 10.1 Å². The fraction of sp³-hybridized carbons (Fsp3) is 0.250. The summed E-state index contributed by atoms with van der Waals surface area (Å²) in [6.07, 6.45) is 1.59. The Hall–Kier alpha value is -2.86. The van der Waals surface area contributed by atoms with Crippen LogP contribution in [0.25, 0.3) is 0 Å². The molecule has 0 fully saturated rings. The summed E-state index contributed by atoms with van der Waals surface area (Å²) in [5.41, 5.74) is 3.86. The number of hydrogen-bond donors (Lipinski definition) is 2. The fourth-order valence-corrected chi connectivity index (χ4v) is 2.87. The maximum Gasteiger partial charge on any atom is 0.249 e. The number of nitrogens with zero attached hydrogens (tertiary/aromatic N) is 3. The largest absolute Gasteiger partial charge is 0.495 e. The second-order valence-electron chi connectivity index (χ2n) is 6.46. The average molecular weight is 384 g/mol. The predicted octanol–water partition coefficient (Wildman–Crippen LogP) is 5.45. The average Bonchev–Trinajstić information content (AvgIpc) is 2.65. The number of para-hydroxylation sites is 1. The number of ether oxygens (including phenoxy) is 1. The minimum absolute atomic E-state index is 0.363. The fourth-order valence-electron chi connectivity index (χ4n) is 2.72. The van der Waals surface area contributed by atoms with Crippen molar-refractivity contribution < 1.29 is 4.74 Å². The molecule has 2 N–H and O–H groups in total. The number of rotatable bonds is 6. The number of halogens is 1. The van der Waals surface area contributed by atoms with Crippen LogP contribution in [-0.2, 0) is 0 Å². The second kappa shape index (κ2) is 8.22. The molecule has 27 heavy (non-hydrogen) atoms. The Kier molecular flexibility index (Phi) is 5.76.